The number of rotatable bonds is 4. The van der Waals surface area contributed by atoms with E-state index < -0.39 is 0 Å². The lowest BCUT2D eigenvalue weighted by Gasteiger charge is -2.31. The van der Waals surface area contributed by atoms with Crippen molar-refractivity contribution in [2.45, 2.75) is 39.5 Å². The molecule has 1 aromatic rings. The van der Waals surface area contributed by atoms with E-state index in [4.69, 9.17) is 4.74 Å². The quantitative estimate of drug-likeness (QED) is 0.920. The largest absolute Gasteiger partial charge is 0.491 e. The maximum Gasteiger partial charge on any atom is 0.119 e. The van der Waals surface area contributed by atoms with E-state index in [1.54, 1.807) is 0 Å². The molecule has 2 rings (SSSR count). The van der Waals surface area contributed by atoms with E-state index in [9.17, 15) is 0 Å². The van der Waals surface area contributed by atoms with Gasteiger partial charge in [0.25, 0.3) is 0 Å². The van der Waals surface area contributed by atoms with Crippen molar-refractivity contribution in [1.82, 2.24) is 10.2 Å². The molecule has 1 heterocycles. The molecule has 0 radical (unpaired) electrons. The summed E-state index contributed by atoms with van der Waals surface area (Å²) in [5, 5.41) is 3.47. The lowest BCUT2D eigenvalue weighted by Crippen LogP contribution is -2.48. The SMILES string of the molecule is CC(C)Oc1ccc(CN2CCN[C@H](C)C2)cc1.Cl. The van der Waals surface area contributed by atoms with Gasteiger partial charge in [-0.3, -0.25) is 4.90 Å². The molecule has 1 saturated heterocycles. The molecule has 1 aliphatic heterocycles. The minimum absolute atomic E-state index is 0. The van der Waals surface area contributed by atoms with Crippen LogP contribution in [0.2, 0.25) is 0 Å². The van der Waals surface area contributed by atoms with Crippen LogP contribution in [0.4, 0.5) is 0 Å². The lowest BCUT2D eigenvalue weighted by molar-refractivity contribution is 0.199. The van der Waals surface area contributed by atoms with E-state index in [0.717, 1.165) is 31.9 Å². The highest BCUT2D eigenvalue weighted by Crippen LogP contribution is 2.15. The molecule has 0 aromatic heterocycles. The lowest BCUT2D eigenvalue weighted by atomic mass is 10.1. The Bertz CT molecular complexity index is 367. The number of halogens is 1. The first-order chi connectivity index (χ1) is 8.63. The monoisotopic (exact) mass is 284 g/mol. The van der Waals surface area contributed by atoms with Crippen LogP contribution in [0.5, 0.6) is 5.75 Å². The molecule has 1 N–H and O–H groups in total. The van der Waals surface area contributed by atoms with Gasteiger partial charge in [0.2, 0.25) is 0 Å². The number of benzene rings is 1. The van der Waals surface area contributed by atoms with Gasteiger partial charge in [-0.25, -0.2) is 0 Å². The van der Waals surface area contributed by atoms with E-state index >= 15 is 0 Å². The summed E-state index contributed by atoms with van der Waals surface area (Å²) in [6, 6.07) is 9.08. The number of nitrogens with zero attached hydrogens (tertiary/aromatic N) is 1. The van der Waals surface area contributed by atoms with Crippen molar-refractivity contribution in [2.24, 2.45) is 0 Å². The van der Waals surface area contributed by atoms with Gasteiger partial charge < -0.3 is 10.1 Å². The van der Waals surface area contributed by atoms with Gasteiger partial charge in [0.1, 0.15) is 5.75 Å². The third kappa shape index (κ3) is 5.39. The van der Waals surface area contributed by atoms with Crippen LogP contribution in [0.25, 0.3) is 0 Å². The van der Waals surface area contributed by atoms with E-state index in [1.165, 1.54) is 5.56 Å². The van der Waals surface area contributed by atoms with Gasteiger partial charge in [-0.1, -0.05) is 12.1 Å². The Morgan fingerprint density at radius 3 is 2.58 bits per heavy atom. The molecule has 1 aliphatic rings. The molecule has 3 nitrogen and oxygen atoms in total. The molecule has 108 valence electrons. The van der Waals surface area contributed by atoms with Crippen molar-refractivity contribution in [3.63, 3.8) is 0 Å². The highest BCUT2D eigenvalue weighted by atomic mass is 35.5. The van der Waals surface area contributed by atoms with E-state index in [0.29, 0.717) is 6.04 Å². The summed E-state index contributed by atoms with van der Waals surface area (Å²) < 4.78 is 5.65. The molecule has 0 amide bonds. The Labute approximate surface area is 122 Å². The van der Waals surface area contributed by atoms with Crippen LogP contribution in [0.3, 0.4) is 0 Å². The summed E-state index contributed by atoms with van der Waals surface area (Å²) in [6.07, 6.45) is 0.241. The predicted octanol–water partition coefficient (Wildman–Crippen LogP) is 2.69. The molecule has 1 aromatic carbocycles. The third-order valence-corrected chi connectivity index (χ3v) is 3.15. The molecule has 1 fully saturated rings. The van der Waals surface area contributed by atoms with Crippen LogP contribution in [0.1, 0.15) is 26.3 Å². The number of hydrogen-bond donors (Lipinski definition) is 1. The van der Waals surface area contributed by atoms with Crippen LogP contribution in [-0.4, -0.2) is 36.7 Å². The molecule has 19 heavy (non-hydrogen) atoms. The molecule has 4 heteroatoms. The maximum absolute atomic E-state index is 5.65. The Morgan fingerprint density at radius 2 is 2.00 bits per heavy atom. The molecule has 1 atom stereocenters. The van der Waals surface area contributed by atoms with E-state index in [2.05, 4.69) is 55.3 Å². The highest BCUT2D eigenvalue weighted by molar-refractivity contribution is 5.85. The standard InChI is InChI=1S/C15H24N2O.ClH/c1-12(2)18-15-6-4-14(5-7-15)11-17-9-8-16-13(3)10-17;/h4-7,12-13,16H,8-11H2,1-3H3;1H/t13-;/m1./s1. The second-order valence-corrected chi connectivity index (χ2v) is 5.40. The summed E-state index contributed by atoms with van der Waals surface area (Å²) in [7, 11) is 0. The molecule has 0 saturated carbocycles. The average molecular weight is 285 g/mol. The Kier molecular flexibility index (Phi) is 6.63. The minimum Gasteiger partial charge on any atom is -0.491 e. The zero-order valence-electron chi connectivity index (χ0n) is 12.1. The van der Waals surface area contributed by atoms with Gasteiger partial charge >= 0.3 is 0 Å². The normalized spacial score (nSPS) is 20.1. The molecule has 0 aliphatic carbocycles. The van der Waals surface area contributed by atoms with Crippen molar-refractivity contribution in [3.05, 3.63) is 29.8 Å². The van der Waals surface area contributed by atoms with Gasteiger partial charge in [0.05, 0.1) is 6.10 Å². The van der Waals surface area contributed by atoms with Crippen molar-refractivity contribution < 1.29 is 4.74 Å². The topological polar surface area (TPSA) is 24.5 Å². The molecule has 0 spiro atoms. The van der Waals surface area contributed by atoms with Crippen LogP contribution < -0.4 is 10.1 Å². The number of ether oxygens (including phenoxy) is 1. The minimum atomic E-state index is 0. The summed E-state index contributed by atoms with van der Waals surface area (Å²) in [5.74, 6) is 0.961. The summed E-state index contributed by atoms with van der Waals surface area (Å²) >= 11 is 0. The molecule has 0 unspecified atom stereocenters. The first-order valence-corrected chi connectivity index (χ1v) is 6.85. The molecular weight excluding hydrogens is 260 g/mol. The predicted molar refractivity (Wildman–Crippen MR) is 82.2 cm³/mol. The fraction of sp³-hybridized carbons (Fsp3) is 0.600. The van der Waals surface area contributed by atoms with E-state index in [1.807, 2.05) is 0 Å². The van der Waals surface area contributed by atoms with Gasteiger partial charge in [0, 0.05) is 32.2 Å². The second kappa shape index (κ2) is 7.73. The highest BCUT2D eigenvalue weighted by Gasteiger charge is 2.15. The zero-order valence-corrected chi connectivity index (χ0v) is 12.9. The van der Waals surface area contributed by atoms with Crippen LogP contribution >= 0.6 is 12.4 Å². The number of piperazine rings is 1. The van der Waals surface area contributed by atoms with E-state index in [-0.39, 0.29) is 18.5 Å². The van der Waals surface area contributed by atoms with Crippen LogP contribution in [-0.2, 0) is 6.54 Å². The number of hydrogen-bond acceptors (Lipinski definition) is 3. The average Bonchev–Trinajstić information content (AvgIpc) is 2.31. The zero-order chi connectivity index (χ0) is 13.0. The summed E-state index contributed by atoms with van der Waals surface area (Å²) in [4.78, 5) is 2.50. The number of nitrogens with one attached hydrogen (secondary N) is 1. The fourth-order valence-electron chi connectivity index (χ4n) is 2.36. The van der Waals surface area contributed by atoms with Gasteiger partial charge in [-0.05, 0) is 38.5 Å². The smallest absolute Gasteiger partial charge is 0.119 e. The van der Waals surface area contributed by atoms with Gasteiger partial charge in [-0.2, -0.15) is 0 Å². The van der Waals surface area contributed by atoms with Gasteiger partial charge in [0.15, 0.2) is 0 Å². The molecular formula is C15H25ClN2O. The van der Waals surface area contributed by atoms with Crippen molar-refractivity contribution in [2.75, 3.05) is 19.6 Å². The van der Waals surface area contributed by atoms with Gasteiger partial charge in [-0.15, -0.1) is 12.4 Å². The Balaban J connectivity index is 0.00000180. The summed E-state index contributed by atoms with van der Waals surface area (Å²) in [5.41, 5.74) is 1.36. The first-order valence-electron chi connectivity index (χ1n) is 6.85. The van der Waals surface area contributed by atoms with Crippen molar-refractivity contribution in [1.29, 1.82) is 0 Å². The maximum atomic E-state index is 5.65. The Morgan fingerprint density at radius 1 is 1.32 bits per heavy atom. The molecule has 0 bridgehead atoms. The first kappa shape index (κ1) is 16.3. The van der Waals surface area contributed by atoms with Crippen LogP contribution in [0, 0.1) is 0 Å². The second-order valence-electron chi connectivity index (χ2n) is 5.40. The van der Waals surface area contributed by atoms with Crippen molar-refractivity contribution in [3.8, 4) is 5.75 Å². The third-order valence-electron chi connectivity index (χ3n) is 3.15. The Hall–Kier alpha value is -0.770. The fourth-order valence-corrected chi connectivity index (χ4v) is 2.36. The van der Waals surface area contributed by atoms with Crippen LogP contribution in [0.15, 0.2) is 24.3 Å². The summed E-state index contributed by atoms with van der Waals surface area (Å²) in [6.45, 7) is 10.7. The van der Waals surface area contributed by atoms with Crippen molar-refractivity contribution >= 4 is 12.4 Å².